The van der Waals surface area contributed by atoms with Gasteiger partial charge in [0.15, 0.2) is 0 Å². The average Bonchev–Trinajstić information content (AvgIpc) is 3.31. The molecule has 2 N–H and O–H groups in total. The Morgan fingerprint density at radius 2 is 1.66 bits per heavy atom. The second kappa shape index (κ2) is 10.9. The van der Waals surface area contributed by atoms with Crippen LogP contribution in [0.1, 0.15) is 16.7 Å². The molecule has 0 aliphatic carbocycles. The van der Waals surface area contributed by atoms with Crippen LogP contribution in [-0.4, -0.2) is 59.5 Å². The number of hydrogen-bond donors (Lipinski definition) is 2. The van der Waals surface area contributed by atoms with Crippen LogP contribution in [0.2, 0.25) is 0 Å². The molecule has 0 saturated carbocycles. The van der Waals surface area contributed by atoms with E-state index < -0.39 is 0 Å². The van der Waals surface area contributed by atoms with Crippen LogP contribution in [0.15, 0.2) is 91.1 Å². The summed E-state index contributed by atoms with van der Waals surface area (Å²) >= 11 is 0. The second-order valence-corrected chi connectivity index (χ2v) is 9.60. The molecule has 1 amide bonds. The smallest absolute Gasteiger partial charge is 0.240 e. The largest absolute Gasteiger partial charge is 0.361 e. The van der Waals surface area contributed by atoms with Gasteiger partial charge < -0.3 is 15.2 Å². The number of aromatic amines is 1. The molecule has 1 aliphatic heterocycles. The van der Waals surface area contributed by atoms with E-state index in [-0.39, 0.29) is 11.9 Å². The van der Waals surface area contributed by atoms with Gasteiger partial charge in [-0.05, 0) is 35.6 Å². The number of para-hydroxylation sites is 1. The molecule has 0 bridgehead atoms. The molecule has 5 nitrogen and oxygen atoms in total. The Bertz CT molecular complexity index is 1240. The molecule has 180 valence electrons. The summed E-state index contributed by atoms with van der Waals surface area (Å²) in [5, 5.41) is 4.98. The number of fused-ring (bicyclic) bond motifs is 1. The number of aromatic nitrogens is 1. The summed E-state index contributed by atoms with van der Waals surface area (Å²) in [6.07, 6.45) is 3.79. The molecule has 5 rings (SSSR count). The van der Waals surface area contributed by atoms with Gasteiger partial charge in [0, 0.05) is 56.4 Å². The molecule has 5 heteroatoms. The zero-order chi connectivity index (χ0) is 24.0. The first-order valence-electron chi connectivity index (χ1n) is 12.5. The number of benzene rings is 3. The molecule has 0 spiro atoms. The van der Waals surface area contributed by atoms with E-state index in [0.29, 0.717) is 12.6 Å². The van der Waals surface area contributed by atoms with Crippen LogP contribution in [0, 0.1) is 0 Å². The van der Waals surface area contributed by atoms with Crippen molar-refractivity contribution in [3.05, 3.63) is 108 Å². The zero-order valence-corrected chi connectivity index (χ0v) is 20.4. The summed E-state index contributed by atoms with van der Waals surface area (Å²) < 4.78 is 0. The molecule has 3 aromatic carbocycles. The van der Waals surface area contributed by atoms with Gasteiger partial charge in [0.05, 0.1) is 6.04 Å². The van der Waals surface area contributed by atoms with E-state index in [4.69, 9.17) is 0 Å². The Balaban J connectivity index is 1.33. The Hall–Kier alpha value is -3.41. The van der Waals surface area contributed by atoms with Crippen molar-refractivity contribution in [1.29, 1.82) is 0 Å². The molecule has 0 radical (unpaired) electrons. The van der Waals surface area contributed by atoms with Gasteiger partial charge in [-0.1, -0.05) is 78.9 Å². The quantitative estimate of drug-likeness (QED) is 0.408. The Morgan fingerprint density at radius 1 is 0.971 bits per heavy atom. The number of nitrogens with one attached hydrogen (secondary N) is 2. The van der Waals surface area contributed by atoms with E-state index in [9.17, 15) is 4.79 Å². The first kappa shape index (κ1) is 23.3. The van der Waals surface area contributed by atoms with E-state index in [0.717, 1.165) is 38.0 Å². The zero-order valence-electron chi connectivity index (χ0n) is 20.4. The van der Waals surface area contributed by atoms with E-state index in [1.165, 1.54) is 22.0 Å². The maximum atomic E-state index is 13.8. The number of rotatable bonds is 8. The number of amides is 1. The van der Waals surface area contributed by atoms with Crippen LogP contribution in [0.5, 0.6) is 0 Å². The average molecular weight is 467 g/mol. The highest BCUT2D eigenvalue weighted by Gasteiger charge is 2.32. The number of hydrogen-bond acceptors (Lipinski definition) is 3. The minimum Gasteiger partial charge on any atom is -0.361 e. The van der Waals surface area contributed by atoms with Gasteiger partial charge >= 0.3 is 0 Å². The molecule has 1 aromatic heterocycles. The third kappa shape index (κ3) is 5.64. The predicted octanol–water partition coefficient (Wildman–Crippen LogP) is 4.25. The van der Waals surface area contributed by atoms with Crippen molar-refractivity contribution in [2.24, 2.45) is 0 Å². The highest BCUT2D eigenvalue weighted by Crippen LogP contribution is 2.21. The molecule has 0 unspecified atom stereocenters. The monoisotopic (exact) mass is 466 g/mol. The Labute approximate surface area is 207 Å². The topological polar surface area (TPSA) is 51.4 Å². The third-order valence-corrected chi connectivity index (χ3v) is 7.06. The lowest BCUT2D eigenvalue weighted by Crippen LogP contribution is -2.58. The number of likely N-dealkylation sites (N-methyl/N-ethyl adjacent to an activating group) is 1. The fourth-order valence-electron chi connectivity index (χ4n) is 5.24. The molecule has 1 saturated heterocycles. The van der Waals surface area contributed by atoms with Crippen molar-refractivity contribution in [2.45, 2.75) is 31.5 Å². The van der Waals surface area contributed by atoms with Crippen LogP contribution in [-0.2, 0) is 24.2 Å². The summed E-state index contributed by atoms with van der Waals surface area (Å²) in [6.45, 7) is 3.22. The van der Waals surface area contributed by atoms with Crippen molar-refractivity contribution in [3.63, 3.8) is 0 Å². The third-order valence-electron chi connectivity index (χ3n) is 7.06. The van der Waals surface area contributed by atoms with Gasteiger partial charge in [-0.3, -0.25) is 9.69 Å². The van der Waals surface area contributed by atoms with Crippen LogP contribution >= 0.6 is 0 Å². The first-order valence-corrected chi connectivity index (χ1v) is 12.5. The van der Waals surface area contributed by atoms with E-state index in [1.807, 2.05) is 36.2 Å². The van der Waals surface area contributed by atoms with Crippen molar-refractivity contribution in [3.8, 4) is 0 Å². The maximum Gasteiger partial charge on any atom is 0.240 e. The number of piperazine rings is 1. The molecule has 2 heterocycles. The van der Waals surface area contributed by atoms with Gasteiger partial charge in [-0.15, -0.1) is 0 Å². The van der Waals surface area contributed by atoms with Crippen LogP contribution < -0.4 is 5.32 Å². The minimum absolute atomic E-state index is 0.182. The first-order chi connectivity index (χ1) is 17.2. The van der Waals surface area contributed by atoms with Gasteiger partial charge in [0.1, 0.15) is 0 Å². The Morgan fingerprint density at radius 3 is 2.43 bits per heavy atom. The lowest BCUT2D eigenvalue weighted by Gasteiger charge is -2.39. The van der Waals surface area contributed by atoms with Crippen molar-refractivity contribution in [1.82, 2.24) is 20.1 Å². The van der Waals surface area contributed by atoms with Gasteiger partial charge in [0.2, 0.25) is 5.91 Å². The lowest BCUT2D eigenvalue weighted by molar-refractivity contribution is -0.136. The van der Waals surface area contributed by atoms with Crippen LogP contribution in [0.25, 0.3) is 10.9 Å². The molecular weight excluding hydrogens is 432 g/mol. The fourth-order valence-corrected chi connectivity index (χ4v) is 5.24. The van der Waals surface area contributed by atoms with Gasteiger partial charge in [-0.2, -0.15) is 0 Å². The minimum atomic E-state index is -0.182. The highest BCUT2D eigenvalue weighted by molar-refractivity contribution is 5.83. The van der Waals surface area contributed by atoms with Crippen LogP contribution in [0.3, 0.4) is 0 Å². The number of carbonyl (C=O) groups excluding carboxylic acids is 1. The van der Waals surface area contributed by atoms with E-state index in [2.05, 4.69) is 82.1 Å². The number of H-pyrrole nitrogens is 1. The highest BCUT2D eigenvalue weighted by atomic mass is 16.2. The van der Waals surface area contributed by atoms with Crippen LogP contribution in [0.4, 0.5) is 0 Å². The summed E-state index contributed by atoms with van der Waals surface area (Å²) in [5.41, 5.74) is 4.85. The standard InChI is InChI=1S/C30H34N4O/c1-33(21-24-12-6-3-7-13-24)30(35)29(18-23-10-4-2-5-11-23)34-17-16-31-26(22-34)19-25-20-32-28-15-9-8-14-27(25)28/h2-15,20,26,29,31-32H,16-19,21-22H2,1H3/t26-,29+/m0/s1. The second-order valence-electron chi connectivity index (χ2n) is 9.60. The molecule has 4 aromatic rings. The molecule has 2 atom stereocenters. The van der Waals surface area contributed by atoms with E-state index >= 15 is 0 Å². The molecule has 1 aliphatic rings. The van der Waals surface area contributed by atoms with Gasteiger partial charge in [0.25, 0.3) is 0 Å². The summed E-state index contributed by atoms with van der Waals surface area (Å²) in [4.78, 5) is 21.5. The summed E-state index contributed by atoms with van der Waals surface area (Å²) in [7, 11) is 1.93. The summed E-state index contributed by atoms with van der Waals surface area (Å²) in [6, 6.07) is 29.2. The Kier molecular flexibility index (Phi) is 7.26. The number of nitrogens with zero attached hydrogens (tertiary/aromatic N) is 2. The van der Waals surface area contributed by atoms with E-state index in [1.54, 1.807) is 0 Å². The maximum absolute atomic E-state index is 13.8. The molecule has 35 heavy (non-hydrogen) atoms. The van der Waals surface area contributed by atoms with Crippen molar-refractivity contribution in [2.75, 3.05) is 26.7 Å². The normalized spacial score (nSPS) is 17.3. The van der Waals surface area contributed by atoms with Crippen molar-refractivity contribution >= 4 is 16.8 Å². The lowest BCUT2D eigenvalue weighted by atomic mass is 9.99. The predicted molar refractivity (Wildman–Crippen MR) is 142 cm³/mol. The number of carbonyl (C=O) groups is 1. The summed E-state index contributed by atoms with van der Waals surface area (Å²) in [5.74, 6) is 0.186. The fraction of sp³-hybridized carbons (Fsp3) is 0.300. The molecule has 1 fully saturated rings. The molecular formula is C30H34N4O. The van der Waals surface area contributed by atoms with Crippen molar-refractivity contribution < 1.29 is 4.79 Å². The SMILES string of the molecule is CN(Cc1ccccc1)C(=O)[C@@H](Cc1ccccc1)N1CCN[C@@H](Cc2c[nH]c3ccccc23)C1. The van der Waals surface area contributed by atoms with Gasteiger partial charge in [-0.25, -0.2) is 0 Å².